The fraction of sp³-hybridized carbons (Fsp3) is 0.188. The second-order valence-electron chi connectivity index (χ2n) is 5.03. The van der Waals surface area contributed by atoms with Crippen LogP contribution in [-0.2, 0) is 4.79 Å². The second-order valence-corrected chi connectivity index (χ2v) is 7.69. The molecular formula is C16H14ClN3OS2. The summed E-state index contributed by atoms with van der Waals surface area (Å²) in [4.78, 5) is 21.9. The first-order valence-electron chi connectivity index (χ1n) is 6.96. The number of amides is 1. The van der Waals surface area contributed by atoms with Gasteiger partial charge in [0.2, 0.25) is 5.91 Å². The number of rotatable bonds is 4. The van der Waals surface area contributed by atoms with Crippen LogP contribution < -0.4 is 5.32 Å². The number of nitrogens with zero attached hydrogens (tertiary/aromatic N) is 2. The monoisotopic (exact) mass is 363 g/mol. The first-order valence-corrected chi connectivity index (χ1v) is 9.10. The predicted octanol–water partition coefficient (Wildman–Crippen LogP) is 4.77. The minimum absolute atomic E-state index is 0.0811. The van der Waals surface area contributed by atoms with Gasteiger partial charge in [0.25, 0.3) is 0 Å². The van der Waals surface area contributed by atoms with Crippen LogP contribution >= 0.6 is 34.7 Å². The minimum Gasteiger partial charge on any atom is -0.325 e. The average Bonchev–Trinajstić information content (AvgIpc) is 3.00. The maximum Gasteiger partial charge on any atom is 0.237 e. The van der Waals surface area contributed by atoms with Gasteiger partial charge in [0.1, 0.15) is 16.2 Å². The molecule has 0 radical (unpaired) electrons. The van der Waals surface area contributed by atoms with Crippen LogP contribution in [0.3, 0.4) is 0 Å². The van der Waals surface area contributed by atoms with E-state index < -0.39 is 0 Å². The van der Waals surface area contributed by atoms with Gasteiger partial charge in [-0.3, -0.25) is 4.79 Å². The van der Waals surface area contributed by atoms with Gasteiger partial charge in [-0.25, -0.2) is 9.97 Å². The van der Waals surface area contributed by atoms with Crippen LogP contribution in [-0.4, -0.2) is 21.1 Å². The van der Waals surface area contributed by atoms with E-state index in [9.17, 15) is 4.79 Å². The summed E-state index contributed by atoms with van der Waals surface area (Å²) >= 11 is 8.98. The number of hydrogen-bond donors (Lipinski definition) is 1. The fourth-order valence-electron chi connectivity index (χ4n) is 2.05. The highest BCUT2D eigenvalue weighted by Gasteiger charge is 2.18. The van der Waals surface area contributed by atoms with Crippen molar-refractivity contribution in [1.82, 2.24) is 9.97 Å². The van der Waals surface area contributed by atoms with E-state index in [1.807, 2.05) is 31.4 Å². The maximum atomic E-state index is 12.4. The van der Waals surface area contributed by atoms with Crippen molar-refractivity contribution in [3.8, 4) is 0 Å². The van der Waals surface area contributed by atoms with Crippen LogP contribution in [0.4, 0.5) is 5.69 Å². The van der Waals surface area contributed by atoms with Crippen molar-refractivity contribution in [2.75, 3.05) is 5.32 Å². The highest BCUT2D eigenvalue weighted by molar-refractivity contribution is 8.00. The SMILES string of the molecule is Cc1ccc(Cl)cc1NC(=O)[C@H](C)Sc1ncnc2sccc12. The van der Waals surface area contributed by atoms with Crippen molar-refractivity contribution >= 4 is 56.5 Å². The third-order valence-electron chi connectivity index (χ3n) is 3.34. The molecule has 2 aromatic heterocycles. The number of carbonyl (C=O) groups excluding carboxylic acids is 1. The largest absolute Gasteiger partial charge is 0.325 e. The van der Waals surface area contributed by atoms with Gasteiger partial charge in [-0.15, -0.1) is 11.3 Å². The van der Waals surface area contributed by atoms with Crippen molar-refractivity contribution in [2.45, 2.75) is 24.1 Å². The van der Waals surface area contributed by atoms with Gasteiger partial charge in [0, 0.05) is 16.1 Å². The van der Waals surface area contributed by atoms with E-state index in [1.165, 1.54) is 18.1 Å². The Balaban J connectivity index is 1.75. The van der Waals surface area contributed by atoms with Crippen LogP contribution in [0.2, 0.25) is 5.02 Å². The molecule has 0 saturated heterocycles. The zero-order chi connectivity index (χ0) is 16.4. The molecule has 0 saturated carbocycles. The van der Waals surface area contributed by atoms with Crippen LogP contribution in [0.1, 0.15) is 12.5 Å². The van der Waals surface area contributed by atoms with E-state index in [4.69, 9.17) is 11.6 Å². The fourth-order valence-corrected chi connectivity index (χ4v) is 3.92. The quantitative estimate of drug-likeness (QED) is 0.535. The summed E-state index contributed by atoms with van der Waals surface area (Å²) in [5.74, 6) is -0.0811. The molecule has 0 spiro atoms. The number of aryl methyl sites for hydroxylation is 1. The number of thioether (sulfide) groups is 1. The molecule has 7 heteroatoms. The number of carbonyl (C=O) groups is 1. The number of aromatic nitrogens is 2. The summed E-state index contributed by atoms with van der Waals surface area (Å²) in [7, 11) is 0. The Labute approximate surface area is 147 Å². The van der Waals surface area contributed by atoms with Crippen LogP contribution in [0.5, 0.6) is 0 Å². The van der Waals surface area contributed by atoms with Crippen LogP contribution in [0, 0.1) is 6.92 Å². The number of hydrogen-bond acceptors (Lipinski definition) is 5. The van der Waals surface area contributed by atoms with E-state index >= 15 is 0 Å². The van der Waals surface area contributed by atoms with Gasteiger partial charge in [0.05, 0.1) is 5.25 Å². The van der Waals surface area contributed by atoms with Crippen molar-refractivity contribution in [2.24, 2.45) is 0 Å². The second kappa shape index (κ2) is 6.86. The van der Waals surface area contributed by atoms with Gasteiger partial charge in [-0.05, 0) is 43.0 Å². The Kier molecular flexibility index (Phi) is 4.84. The maximum absolute atomic E-state index is 12.4. The summed E-state index contributed by atoms with van der Waals surface area (Å²) in [6, 6.07) is 7.43. The highest BCUT2D eigenvalue weighted by atomic mass is 35.5. The molecule has 1 aromatic carbocycles. The third kappa shape index (κ3) is 3.65. The Hall–Kier alpha value is -1.63. The number of benzene rings is 1. The molecule has 1 amide bonds. The predicted molar refractivity (Wildman–Crippen MR) is 97.6 cm³/mol. The third-order valence-corrected chi connectivity index (χ3v) is 5.51. The van der Waals surface area contributed by atoms with Crippen molar-refractivity contribution < 1.29 is 4.79 Å². The lowest BCUT2D eigenvalue weighted by Gasteiger charge is -2.13. The molecular weight excluding hydrogens is 350 g/mol. The number of anilines is 1. The van der Waals surface area contributed by atoms with Crippen molar-refractivity contribution in [3.63, 3.8) is 0 Å². The lowest BCUT2D eigenvalue weighted by atomic mass is 10.2. The molecule has 23 heavy (non-hydrogen) atoms. The summed E-state index contributed by atoms with van der Waals surface area (Å²) in [6.07, 6.45) is 1.53. The molecule has 0 aliphatic rings. The molecule has 3 rings (SSSR count). The van der Waals surface area contributed by atoms with Gasteiger partial charge < -0.3 is 5.32 Å². The number of halogens is 1. The summed E-state index contributed by atoms with van der Waals surface area (Å²) in [6.45, 7) is 3.79. The van der Waals surface area contributed by atoms with Gasteiger partial charge >= 0.3 is 0 Å². The van der Waals surface area contributed by atoms with Crippen LogP contribution in [0.15, 0.2) is 41.0 Å². The molecule has 0 aliphatic carbocycles. The topological polar surface area (TPSA) is 54.9 Å². The van der Waals surface area contributed by atoms with E-state index in [0.717, 1.165) is 26.5 Å². The van der Waals surface area contributed by atoms with Gasteiger partial charge in [-0.1, -0.05) is 29.4 Å². The van der Waals surface area contributed by atoms with Gasteiger partial charge in [-0.2, -0.15) is 0 Å². The van der Waals surface area contributed by atoms with Gasteiger partial charge in [0.15, 0.2) is 0 Å². The van der Waals surface area contributed by atoms with Crippen molar-refractivity contribution in [1.29, 1.82) is 0 Å². The molecule has 1 atom stereocenters. The van der Waals surface area contributed by atoms with Crippen LogP contribution in [0.25, 0.3) is 10.2 Å². The smallest absolute Gasteiger partial charge is 0.237 e. The average molecular weight is 364 g/mol. The number of thiophene rings is 1. The summed E-state index contributed by atoms with van der Waals surface area (Å²) in [5.41, 5.74) is 1.71. The molecule has 0 aliphatic heterocycles. The highest BCUT2D eigenvalue weighted by Crippen LogP contribution is 2.31. The first-order chi connectivity index (χ1) is 11.0. The standard InChI is InChI=1S/C16H14ClN3OS2/c1-9-3-4-11(17)7-13(9)20-14(21)10(2)23-16-12-5-6-22-15(12)18-8-19-16/h3-8,10H,1-2H3,(H,20,21)/t10-/m0/s1. The normalized spacial score (nSPS) is 12.3. The zero-order valence-electron chi connectivity index (χ0n) is 12.5. The van der Waals surface area contributed by atoms with E-state index in [1.54, 1.807) is 23.5 Å². The molecule has 0 fully saturated rings. The molecule has 118 valence electrons. The Morgan fingerprint density at radius 2 is 2.17 bits per heavy atom. The van der Waals surface area contributed by atoms with E-state index in [-0.39, 0.29) is 11.2 Å². The molecule has 3 aromatic rings. The first kappa shape index (κ1) is 16.2. The molecule has 0 bridgehead atoms. The lowest BCUT2D eigenvalue weighted by Crippen LogP contribution is -2.23. The molecule has 2 heterocycles. The Bertz CT molecular complexity index is 865. The minimum atomic E-state index is -0.286. The van der Waals surface area contributed by atoms with E-state index in [0.29, 0.717) is 5.02 Å². The Morgan fingerprint density at radius 1 is 1.35 bits per heavy atom. The number of fused-ring (bicyclic) bond motifs is 1. The molecule has 0 unspecified atom stereocenters. The lowest BCUT2D eigenvalue weighted by molar-refractivity contribution is -0.115. The number of nitrogens with one attached hydrogen (secondary N) is 1. The Morgan fingerprint density at radius 3 is 3.00 bits per heavy atom. The van der Waals surface area contributed by atoms with E-state index in [2.05, 4.69) is 15.3 Å². The zero-order valence-corrected chi connectivity index (χ0v) is 14.9. The molecule has 1 N–H and O–H groups in total. The van der Waals surface area contributed by atoms with Crippen molar-refractivity contribution in [3.05, 3.63) is 46.6 Å². The summed E-state index contributed by atoms with van der Waals surface area (Å²) < 4.78 is 0. The summed E-state index contributed by atoms with van der Waals surface area (Å²) in [5, 5.41) is 7.03. The molecule has 4 nitrogen and oxygen atoms in total.